The lowest BCUT2D eigenvalue weighted by atomic mass is 10.2. The van der Waals surface area contributed by atoms with Gasteiger partial charge in [-0.25, -0.2) is 4.39 Å². The van der Waals surface area contributed by atoms with Crippen molar-refractivity contribution in [3.63, 3.8) is 0 Å². The van der Waals surface area contributed by atoms with Crippen LogP contribution < -0.4 is 10.5 Å². The van der Waals surface area contributed by atoms with Gasteiger partial charge in [0.05, 0.1) is 11.6 Å². The van der Waals surface area contributed by atoms with Crippen LogP contribution >= 0.6 is 27.7 Å². The molecule has 0 aliphatic carbocycles. The standard InChI is InChI=1S/C14H12BrFN2O2S/c1-20-8-3-2-4-9(7-8)21-11-6-5-10(14(17)18-19)12(15)13(11)16/h2-7,19H,1H3,(H2,17,18). The molecule has 0 aromatic heterocycles. The molecule has 0 fully saturated rings. The van der Waals surface area contributed by atoms with E-state index in [1.807, 2.05) is 24.3 Å². The molecule has 4 nitrogen and oxygen atoms in total. The largest absolute Gasteiger partial charge is 0.497 e. The van der Waals surface area contributed by atoms with Crippen LogP contribution in [0.2, 0.25) is 0 Å². The molecule has 0 unspecified atom stereocenters. The maximum atomic E-state index is 14.3. The van der Waals surface area contributed by atoms with Crippen molar-refractivity contribution in [2.75, 3.05) is 7.11 Å². The number of hydrogen-bond donors (Lipinski definition) is 2. The zero-order valence-corrected chi connectivity index (χ0v) is 13.4. The van der Waals surface area contributed by atoms with Gasteiger partial charge < -0.3 is 15.7 Å². The maximum Gasteiger partial charge on any atom is 0.171 e. The van der Waals surface area contributed by atoms with Crippen LogP contribution in [0.15, 0.2) is 55.8 Å². The van der Waals surface area contributed by atoms with E-state index < -0.39 is 5.82 Å². The minimum atomic E-state index is -0.466. The Balaban J connectivity index is 2.35. The lowest BCUT2D eigenvalue weighted by Gasteiger charge is -2.09. The van der Waals surface area contributed by atoms with Crippen LogP contribution in [0.3, 0.4) is 0 Å². The number of hydrogen-bond acceptors (Lipinski definition) is 4. The number of benzene rings is 2. The predicted octanol–water partition coefficient (Wildman–Crippen LogP) is 3.84. The first-order valence-corrected chi connectivity index (χ1v) is 7.45. The van der Waals surface area contributed by atoms with Crippen LogP contribution in [0.5, 0.6) is 5.75 Å². The van der Waals surface area contributed by atoms with Gasteiger partial charge in [0, 0.05) is 15.4 Å². The van der Waals surface area contributed by atoms with Crippen LogP contribution in [-0.2, 0) is 0 Å². The first kappa shape index (κ1) is 15.7. The minimum absolute atomic E-state index is 0.154. The van der Waals surface area contributed by atoms with Gasteiger partial charge in [0.1, 0.15) is 5.75 Å². The van der Waals surface area contributed by atoms with Crippen LogP contribution in [0, 0.1) is 5.82 Å². The molecule has 3 N–H and O–H groups in total. The van der Waals surface area contributed by atoms with E-state index in [0.717, 1.165) is 4.90 Å². The van der Waals surface area contributed by atoms with Crippen molar-refractivity contribution >= 4 is 33.5 Å². The smallest absolute Gasteiger partial charge is 0.171 e. The molecule has 110 valence electrons. The maximum absolute atomic E-state index is 14.3. The third kappa shape index (κ3) is 3.48. The van der Waals surface area contributed by atoms with Gasteiger partial charge in [-0.2, -0.15) is 0 Å². The summed E-state index contributed by atoms with van der Waals surface area (Å²) in [6.45, 7) is 0. The second-order valence-electron chi connectivity index (χ2n) is 4.01. The average Bonchev–Trinajstić information content (AvgIpc) is 2.51. The fraction of sp³-hybridized carbons (Fsp3) is 0.0714. The number of amidine groups is 1. The van der Waals surface area contributed by atoms with Gasteiger partial charge in [-0.1, -0.05) is 23.0 Å². The van der Waals surface area contributed by atoms with E-state index in [9.17, 15) is 4.39 Å². The summed E-state index contributed by atoms with van der Waals surface area (Å²) in [6.07, 6.45) is 0. The van der Waals surface area contributed by atoms with Crippen molar-refractivity contribution in [1.82, 2.24) is 0 Å². The second kappa shape index (κ2) is 6.82. The molecular weight excluding hydrogens is 359 g/mol. The topological polar surface area (TPSA) is 67.8 Å². The van der Waals surface area contributed by atoms with E-state index in [-0.39, 0.29) is 10.3 Å². The Kier molecular flexibility index (Phi) is 5.08. The zero-order valence-electron chi connectivity index (χ0n) is 11.0. The van der Waals surface area contributed by atoms with Crippen LogP contribution in [0.1, 0.15) is 5.56 Å². The summed E-state index contributed by atoms with van der Waals surface area (Å²) in [5.41, 5.74) is 5.78. The lowest BCUT2D eigenvalue weighted by Crippen LogP contribution is -2.14. The Labute approximate surface area is 133 Å². The fourth-order valence-electron chi connectivity index (χ4n) is 1.65. The zero-order chi connectivity index (χ0) is 15.4. The molecule has 0 saturated carbocycles. The van der Waals surface area contributed by atoms with Gasteiger partial charge in [0.15, 0.2) is 11.7 Å². The Morgan fingerprint density at radius 1 is 1.38 bits per heavy atom. The van der Waals surface area contributed by atoms with E-state index in [1.165, 1.54) is 11.8 Å². The molecule has 0 aliphatic rings. The number of methoxy groups -OCH3 is 1. The monoisotopic (exact) mass is 370 g/mol. The number of nitrogens with two attached hydrogens (primary N) is 1. The van der Waals surface area contributed by atoms with Gasteiger partial charge in [-0.3, -0.25) is 0 Å². The van der Waals surface area contributed by atoms with Crippen LogP contribution in [-0.4, -0.2) is 18.2 Å². The predicted molar refractivity (Wildman–Crippen MR) is 83.7 cm³/mol. The Bertz CT molecular complexity index is 695. The summed E-state index contributed by atoms with van der Waals surface area (Å²) >= 11 is 4.39. The molecule has 2 aromatic rings. The first-order chi connectivity index (χ1) is 10.1. The third-order valence-corrected chi connectivity index (χ3v) is 4.50. The Morgan fingerprint density at radius 3 is 2.81 bits per heavy atom. The molecular formula is C14H12BrFN2O2S. The molecule has 0 heterocycles. The van der Waals surface area contributed by atoms with Gasteiger partial charge in [0.25, 0.3) is 0 Å². The van der Waals surface area contributed by atoms with Gasteiger partial charge in [0.2, 0.25) is 0 Å². The van der Waals surface area contributed by atoms with Gasteiger partial charge in [-0.05, 0) is 46.3 Å². The minimum Gasteiger partial charge on any atom is -0.497 e. The normalized spacial score (nSPS) is 11.5. The first-order valence-electron chi connectivity index (χ1n) is 5.84. The molecule has 7 heteroatoms. The highest BCUT2D eigenvalue weighted by Gasteiger charge is 2.15. The van der Waals surface area contributed by atoms with Gasteiger partial charge in [-0.15, -0.1) is 0 Å². The summed E-state index contributed by atoms with van der Waals surface area (Å²) in [5.74, 6) is 0.0818. The quantitative estimate of drug-likeness (QED) is 0.371. The summed E-state index contributed by atoms with van der Waals surface area (Å²) in [5, 5.41) is 11.5. The van der Waals surface area contributed by atoms with Crippen molar-refractivity contribution in [2.45, 2.75) is 9.79 Å². The second-order valence-corrected chi connectivity index (χ2v) is 5.91. The highest BCUT2D eigenvalue weighted by molar-refractivity contribution is 9.10. The van der Waals surface area contributed by atoms with E-state index in [2.05, 4.69) is 21.1 Å². The summed E-state index contributed by atoms with van der Waals surface area (Å²) in [6, 6.07) is 10.5. The summed E-state index contributed by atoms with van der Waals surface area (Å²) < 4.78 is 19.6. The van der Waals surface area contributed by atoms with Crippen molar-refractivity contribution in [3.05, 3.63) is 52.3 Å². The van der Waals surface area contributed by atoms with Crippen molar-refractivity contribution < 1.29 is 14.3 Å². The Hall–Kier alpha value is -1.73. The SMILES string of the molecule is COc1cccc(Sc2ccc(/C(N)=N/O)c(Br)c2F)c1. The molecule has 0 saturated heterocycles. The van der Waals surface area contributed by atoms with Crippen LogP contribution in [0.4, 0.5) is 4.39 Å². The Morgan fingerprint density at radius 2 is 2.14 bits per heavy atom. The van der Waals surface area contributed by atoms with Crippen LogP contribution in [0.25, 0.3) is 0 Å². The third-order valence-electron chi connectivity index (χ3n) is 2.70. The van der Waals surface area contributed by atoms with Crippen molar-refractivity contribution in [1.29, 1.82) is 0 Å². The molecule has 0 bridgehead atoms. The fourth-order valence-corrected chi connectivity index (χ4v) is 3.24. The molecule has 0 spiro atoms. The number of ether oxygens (including phenoxy) is 1. The van der Waals surface area contributed by atoms with Gasteiger partial charge >= 0.3 is 0 Å². The molecule has 0 atom stereocenters. The molecule has 21 heavy (non-hydrogen) atoms. The number of nitrogens with zero attached hydrogens (tertiary/aromatic N) is 1. The van der Waals surface area contributed by atoms with E-state index in [0.29, 0.717) is 16.2 Å². The highest BCUT2D eigenvalue weighted by atomic mass is 79.9. The lowest BCUT2D eigenvalue weighted by molar-refractivity contribution is 0.318. The number of halogens is 2. The van der Waals surface area contributed by atoms with E-state index >= 15 is 0 Å². The number of rotatable bonds is 4. The van der Waals surface area contributed by atoms with Crippen molar-refractivity contribution in [2.24, 2.45) is 10.9 Å². The number of oxime groups is 1. The molecule has 0 aliphatic heterocycles. The molecule has 2 rings (SSSR count). The summed E-state index contributed by atoms with van der Waals surface area (Å²) in [4.78, 5) is 1.27. The highest BCUT2D eigenvalue weighted by Crippen LogP contribution is 2.35. The average molecular weight is 371 g/mol. The molecule has 0 radical (unpaired) electrons. The van der Waals surface area contributed by atoms with E-state index in [4.69, 9.17) is 15.7 Å². The van der Waals surface area contributed by atoms with E-state index in [1.54, 1.807) is 19.2 Å². The molecule has 0 amide bonds. The summed E-state index contributed by atoms with van der Waals surface area (Å²) in [7, 11) is 1.58. The van der Waals surface area contributed by atoms with Crippen molar-refractivity contribution in [3.8, 4) is 5.75 Å². The molecule has 2 aromatic carbocycles.